The van der Waals surface area contributed by atoms with Crippen LogP contribution in [0.3, 0.4) is 0 Å². The predicted octanol–water partition coefficient (Wildman–Crippen LogP) is 14.7. The van der Waals surface area contributed by atoms with Gasteiger partial charge in [-0.05, 0) is 102 Å². The standard InChI is InChI=1S/C60H44N4/c1-63-59(61-58(49-30-15-19-38-17-5-7-23-43(38)49)62-60(63)50-31-16-20-39-18-6-8-24-44(39)50)41-35-33-40(34-36-41)52-37-53-46-26-10-12-28-48(46)57-56(55(53)47-27-11-9-25-45(47)52)51-29-13-14-32-54(51)64(57)42-21-3-2-4-22-42/h2-37,58-62H,1H3. The second-order valence-electron chi connectivity index (χ2n) is 17.3. The van der Waals surface area contributed by atoms with Crippen molar-refractivity contribution >= 4 is 75.7 Å². The zero-order chi connectivity index (χ0) is 42.3. The molecular formula is C60H44N4. The minimum Gasteiger partial charge on any atom is -0.309 e. The fraction of sp³-hybridized carbons (Fsp3) is 0.0667. The van der Waals surface area contributed by atoms with Gasteiger partial charge in [0.15, 0.2) is 0 Å². The summed E-state index contributed by atoms with van der Waals surface area (Å²) in [5, 5.41) is 23.3. The van der Waals surface area contributed by atoms with Gasteiger partial charge in [-0.2, -0.15) is 0 Å². The van der Waals surface area contributed by atoms with Crippen molar-refractivity contribution in [3.05, 3.63) is 235 Å². The van der Waals surface area contributed by atoms with Gasteiger partial charge < -0.3 is 4.57 Å². The van der Waals surface area contributed by atoms with E-state index in [1.165, 1.54) is 109 Å². The molecule has 304 valence electrons. The quantitative estimate of drug-likeness (QED) is 0.170. The van der Waals surface area contributed by atoms with Crippen molar-refractivity contribution in [3.63, 3.8) is 0 Å². The molecule has 1 fully saturated rings. The molecule has 4 heteroatoms. The Hall–Kier alpha value is -7.60. The fourth-order valence-electron chi connectivity index (χ4n) is 11.0. The van der Waals surface area contributed by atoms with Gasteiger partial charge >= 0.3 is 0 Å². The number of hydrogen-bond donors (Lipinski definition) is 2. The molecule has 2 heterocycles. The van der Waals surface area contributed by atoms with Crippen molar-refractivity contribution in [2.24, 2.45) is 0 Å². The second kappa shape index (κ2) is 14.8. The first-order chi connectivity index (χ1) is 31.7. The van der Waals surface area contributed by atoms with Gasteiger partial charge in [0.1, 0.15) is 0 Å². The molecule has 0 aliphatic carbocycles. The summed E-state index contributed by atoms with van der Waals surface area (Å²) in [6.45, 7) is 0. The second-order valence-corrected chi connectivity index (χ2v) is 17.3. The van der Waals surface area contributed by atoms with Gasteiger partial charge in [-0.25, -0.2) is 0 Å². The first kappa shape index (κ1) is 37.0. The average Bonchev–Trinajstić information content (AvgIpc) is 3.71. The maximum absolute atomic E-state index is 4.07. The average molecular weight is 821 g/mol. The van der Waals surface area contributed by atoms with Gasteiger partial charge in [0.2, 0.25) is 0 Å². The minimum atomic E-state index is -0.0988. The van der Waals surface area contributed by atoms with Crippen LogP contribution in [0.1, 0.15) is 35.2 Å². The maximum Gasteiger partial charge on any atom is 0.0893 e. The largest absolute Gasteiger partial charge is 0.309 e. The number of benzene rings is 11. The van der Waals surface area contributed by atoms with Crippen molar-refractivity contribution < 1.29 is 0 Å². The van der Waals surface area contributed by atoms with Gasteiger partial charge in [0.25, 0.3) is 0 Å². The Morgan fingerprint density at radius 1 is 0.391 bits per heavy atom. The third-order valence-electron chi connectivity index (χ3n) is 13.9. The third kappa shape index (κ3) is 5.67. The molecule has 11 aromatic carbocycles. The summed E-state index contributed by atoms with van der Waals surface area (Å²) in [7, 11) is 2.24. The lowest BCUT2D eigenvalue weighted by atomic mass is 9.88. The van der Waals surface area contributed by atoms with Crippen LogP contribution in [0, 0.1) is 0 Å². The monoisotopic (exact) mass is 820 g/mol. The Bertz CT molecular complexity index is 3770. The molecule has 1 saturated heterocycles. The summed E-state index contributed by atoms with van der Waals surface area (Å²) in [6, 6.07) is 80.3. The van der Waals surface area contributed by atoms with Crippen molar-refractivity contribution in [1.82, 2.24) is 20.1 Å². The van der Waals surface area contributed by atoms with Gasteiger partial charge in [0.05, 0.1) is 29.5 Å². The molecule has 2 N–H and O–H groups in total. The van der Waals surface area contributed by atoms with E-state index in [1.54, 1.807) is 0 Å². The molecule has 3 atom stereocenters. The summed E-state index contributed by atoms with van der Waals surface area (Å²) in [5.74, 6) is 0. The van der Waals surface area contributed by atoms with Gasteiger partial charge in [0, 0.05) is 27.2 Å². The van der Waals surface area contributed by atoms with E-state index in [0.29, 0.717) is 0 Å². The van der Waals surface area contributed by atoms with Crippen LogP contribution in [0.25, 0.3) is 92.5 Å². The number of fused-ring (bicyclic) bond motifs is 12. The lowest BCUT2D eigenvalue weighted by Gasteiger charge is -2.46. The molecule has 13 rings (SSSR count). The summed E-state index contributed by atoms with van der Waals surface area (Å²) >= 11 is 0. The predicted molar refractivity (Wildman–Crippen MR) is 269 cm³/mol. The van der Waals surface area contributed by atoms with Crippen LogP contribution in [0.15, 0.2) is 218 Å². The van der Waals surface area contributed by atoms with Crippen LogP contribution in [-0.4, -0.2) is 16.5 Å². The van der Waals surface area contributed by atoms with E-state index in [9.17, 15) is 0 Å². The number of hydrogen-bond acceptors (Lipinski definition) is 3. The van der Waals surface area contributed by atoms with Crippen molar-refractivity contribution in [3.8, 4) is 16.8 Å². The van der Waals surface area contributed by atoms with E-state index < -0.39 is 0 Å². The molecule has 0 bridgehead atoms. The molecule has 3 unspecified atom stereocenters. The van der Waals surface area contributed by atoms with Crippen molar-refractivity contribution in [2.45, 2.75) is 18.5 Å². The van der Waals surface area contributed by atoms with Gasteiger partial charge in [-0.1, -0.05) is 194 Å². The molecule has 1 aliphatic rings. The number of nitrogens with one attached hydrogen (secondary N) is 2. The lowest BCUT2D eigenvalue weighted by Crippen LogP contribution is -2.54. The van der Waals surface area contributed by atoms with Crippen LogP contribution >= 0.6 is 0 Å². The molecular weight excluding hydrogens is 777 g/mol. The number of rotatable bonds is 5. The highest BCUT2D eigenvalue weighted by Gasteiger charge is 2.36. The normalized spacial score (nSPS) is 17.1. The summed E-state index contributed by atoms with van der Waals surface area (Å²) in [4.78, 5) is 2.45. The maximum atomic E-state index is 4.07. The number of aromatic nitrogens is 1. The van der Waals surface area contributed by atoms with Crippen LogP contribution in [0.4, 0.5) is 0 Å². The number of para-hydroxylation sites is 2. The lowest BCUT2D eigenvalue weighted by molar-refractivity contribution is 0.0428. The molecule has 4 nitrogen and oxygen atoms in total. The number of nitrogens with zero attached hydrogens (tertiary/aromatic N) is 2. The molecule has 0 radical (unpaired) electrons. The van der Waals surface area contributed by atoms with Crippen LogP contribution < -0.4 is 10.6 Å². The third-order valence-corrected chi connectivity index (χ3v) is 13.9. The SMILES string of the molecule is CN1C(c2ccc(-c3cc4c5ccccc5c5c(c6ccccc6n5-c5ccccc5)c4c4ccccc34)cc2)NC(c2cccc3ccccc23)NC1c1cccc2ccccc12. The Labute approximate surface area is 371 Å². The van der Waals surface area contributed by atoms with Gasteiger partial charge in [-0.3, -0.25) is 15.5 Å². The summed E-state index contributed by atoms with van der Waals surface area (Å²) in [6.07, 6.45) is -0.225. The zero-order valence-electron chi connectivity index (χ0n) is 35.4. The fourth-order valence-corrected chi connectivity index (χ4v) is 11.0. The van der Waals surface area contributed by atoms with E-state index in [2.05, 4.69) is 246 Å². The molecule has 64 heavy (non-hydrogen) atoms. The van der Waals surface area contributed by atoms with Crippen LogP contribution in [-0.2, 0) is 0 Å². The highest BCUT2D eigenvalue weighted by molar-refractivity contribution is 6.38. The smallest absolute Gasteiger partial charge is 0.0893 e. The summed E-state index contributed by atoms with van der Waals surface area (Å²) in [5.41, 5.74) is 9.80. The summed E-state index contributed by atoms with van der Waals surface area (Å²) < 4.78 is 2.47. The minimum absolute atomic E-state index is 0.0524. The van der Waals surface area contributed by atoms with Gasteiger partial charge in [-0.15, -0.1) is 0 Å². The Balaban J connectivity index is 0.983. The highest BCUT2D eigenvalue weighted by atomic mass is 15.4. The van der Waals surface area contributed by atoms with E-state index >= 15 is 0 Å². The molecule has 0 spiro atoms. The molecule has 0 saturated carbocycles. The molecule has 0 amide bonds. The van der Waals surface area contributed by atoms with E-state index in [4.69, 9.17) is 0 Å². The van der Waals surface area contributed by atoms with Crippen LogP contribution in [0.2, 0.25) is 0 Å². The Morgan fingerprint density at radius 3 is 1.67 bits per heavy atom. The van der Waals surface area contributed by atoms with Crippen LogP contribution in [0.5, 0.6) is 0 Å². The topological polar surface area (TPSA) is 32.2 Å². The zero-order valence-corrected chi connectivity index (χ0v) is 35.4. The first-order valence-electron chi connectivity index (χ1n) is 22.3. The Morgan fingerprint density at radius 2 is 0.938 bits per heavy atom. The van der Waals surface area contributed by atoms with Crippen molar-refractivity contribution in [2.75, 3.05) is 7.05 Å². The molecule has 1 aliphatic heterocycles. The van der Waals surface area contributed by atoms with E-state index in [0.717, 1.165) is 0 Å². The van der Waals surface area contributed by atoms with Crippen molar-refractivity contribution in [1.29, 1.82) is 0 Å². The molecule has 1 aromatic heterocycles. The first-order valence-corrected chi connectivity index (χ1v) is 22.3. The van der Waals surface area contributed by atoms with E-state index in [1.807, 2.05) is 0 Å². The highest BCUT2D eigenvalue weighted by Crippen LogP contribution is 2.47. The molecule has 12 aromatic rings. The Kier molecular flexibility index (Phi) is 8.53. The van der Waals surface area contributed by atoms with E-state index in [-0.39, 0.29) is 18.5 Å².